The molecule has 0 aliphatic heterocycles. The molecule has 1 spiro atoms. The minimum atomic E-state index is -0.219. The van der Waals surface area contributed by atoms with E-state index in [0.29, 0.717) is 18.8 Å². The highest BCUT2D eigenvalue weighted by Crippen LogP contribution is 2.83. The highest BCUT2D eigenvalue weighted by molar-refractivity contribution is 6.02. The molecule has 3 rings (SSSR count). The number of esters is 1. The Kier molecular flexibility index (Phi) is 3.71. The summed E-state index contributed by atoms with van der Waals surface area (Å²) in [6, 6.07) is 0. The summed E-state index contributed by atoms with van der Waals surface area (Å²) in [5, 5.41) is 0. The largest absolute Gasteiger partial charge is 0.469 e. The van der Waals surface area contributed by atoms with E-state index in [2.05, 4.69) is 33.9 Å². The van der Waals surface area contributed by atoms with Crippen LogP contribution >= 0.6 is 0 Å². The molecule has 2 saturated carbocycles. The van der Waals surface area contributed by atoms with Gasteiger partial charge in [-0.2, -0.15) is 0 Å². The van der Waals surface area contributed by atoms with Crippen LogP contribution in [0.3, 0.4) is 0 Å². The molecule has 5 atom stereocenters. The molecular weight excluding hydrogens is 300 g/mol. The van der Waals surface area contributed by atoms with Crippen LogP contribution in [0.1, 0.15) is 46.5 Å². The molecule has 0 saturated heterocycles. The molecule has 0 aromatic heterocycles. The van der Waals surface area contributed by atoms with Gasteiger partial charge in [-0.1, -0.05) is 37.6 Å². The molecule has 0 radical (unpaired) electrons. The zero-order chi connectivity index (χ0) is 17.9. The van der Waals surface area contributed by atoms with Gasteiger partial charge in [0, 0.05) is 23.2 Å². The highest BCUT2D eigenvalue weighted by Gasteiger charge is 2.80. The van der Waals surface area contributed by atoms with Crippen LogP contribution in [-0.2, 0) is 14.3 Å². The Morgan fingerprint density at radius 3 is 2.62 bits per heavy atom. The Morgan fingerprint density at radius 2 is 2.12 bits per heavy atom. The number of hydrogen-bond donors (Lipinski definition) is 0. The minimum Gasteiger partial charge on any atom is -0.469 e. The summed E-state index contributed by atoms with van der Waals surface area (Å²) in [7, 11) is 1.42. The Morgan fingerprint density at radius 1 is 1.46 bits per heavy atom. The van der Waals surface area contributed by atoms with Crippen molar-refractivity contribution in [3.8, 4) is 0 Å². The van der Waals surface area contributed by atoms with E-state index < -0.39 is 0 Å². The number of carbonyl (C=O) groups excluding carboxylic acids is 2. The predicted octanol–water partition coefficient (Wildman–Crippen LogP) is 4.25. The van der Waals surface area contributed by atoms with E-state index in [-0.39, 0.29) is 33.9 Å². The predicted molar refractivity (Wildman–Crippen MR) is 94.2 cm³/mol. The van der Waals surface area contributed by atoms with Crippen molar-refractivity contribution in [3.63, 3.8) is 0 Å². The molecule has 3 aliphatic rings. The standard InChI is InChI=1S/C21H28O3/c1-7-20(5)18-15(22)12-16-19(4,10-9-17(23)24-6)14(13(2)3)8-11-21(16,18)20/h7,12,14,18H,1-2,8-11H2,3-6H3/t14-,18+,19-,20+,21+/m1/s1. The average Bonchev–Trinajstić information content (AvgIpc) is 2.89. The molecule has 0 N–H and O–H groups in total. The number of carbonyl (C=O) groups is 2. The molecule has 2 fully saturated rings. The first-order chi connectivity index (χ1) is 11.2. The van der Waals surface area contributed by atoms with Gasteiger partial charge in [0.15, 0.2) is 5.78 Å². The van der Waals surface area contributed by atoms with Gasteiger partial charge in [0.05, 0.1) is 7.11 Å². The van der Waals surface area contributed by atoms with Crippen molar-refractivity contribution >= 4 is 11.8 Å². The second kappa shape index (κ2) is 5.18. The molecule has 0 aromatic carbocycles. The van der Waals surface area contributed by atoms with Crippen LogP contribution in [0.5, 0.6) is 0 Å². The van der Waals surface area contributed by atoms with E-state index in [1.807, 2.05) is 12.2 Å². The lowest BCUT2D eigenvalue weighted by Crippen LogP contribution is -2.40. The highest BCUT2D eigenvalue weighted by atomic mass is 16.5. The molecule has 3 nitrogen and oxygen atoms in total. The second-order valence-electron chi connectivity index (χ2n) is 8.28. The average molecular weight is 328 g/mol. The van der Waals surface area contributed by atoms with Gasteiger partial charge in [-0.3, -0.25) is 9.59 Å². The number of hydrogen-bond acceptors (Lipinski definition) is 3. The van der Waals surface area contributed by atoms with E-state index in [0.717, 1.165) is 18.4 Å². The maximum Gasteiger partial charge on any atom is 0.305 e. The number of rotatable bonds is 5. The summed E-state index contributed by atoms with van der Waals surface area (Å²) in [5.41, 5.74) is 1.93. The third kappa shape index (κ3) is 1.84. The number of methoxy groups -OCH3 is 1. The zero-order valence-electron chi connectivity index (χ0n) is 15.3. The molecule has 3 heteroatoms. The molecule has 24 heavy (non-hydrogen) atoms. The quantitative estimate of drug-likeness (QED) is 0.560. The SMILES string of the molecule is C=C[C@@]1(C)[C@@H]2C(=O)C=C3[C@](C)(CCC(=O)OC)[C@@H](C(=C)C)CC[C@]321. The van der Waals surface area contributed by atoms with Crippen molar-refractivity contribution < 1.29 is 14.3 Å². The van der Waals surface area contributed by atoms with Gasteiger partial charge in [-0.05, 0) is 43.6 Å². The normalized spacial score (nSPS) is 42.7. The smallest absolute Gasteiger partial charge is 0.305 e. The molecular formula is C21H28O3. The summed E-state index contributed by atoms with van der Waals surface area (Å²) in [4.78, 5) is 24.4. The lowest BCUT2D eigenvalue weighted by atomic mass is 9.55. The Hall–Kier alpha value is -1.64. The number of ether oxygens (including phenoxy) is 1. The van der Waals surface area contributed by atoms with E-state index in [4.69, 9.17) is 4.74 Å². The van der Waals surface area contributed by atoms with Crippen molar-refractivity contribution in [1.29, 1.82) is 0 Å². The first-order valence-corrected chi connectivity index (χ1v) is 8.81. The van der Waals surface area contributed by atoms with Crippen LogP contribution in [0.15, 0.2) is 36.5 Å². The number of allylic oxidation sites excluding steroid dienone is 4. The van der Waals surface area contributed by atoms with Crippen molar-refractivity contribution in [1.82, 2.24) is 0 Å². The van der Waals surface area contributed by atoms with Crippen molar-refractivity contribution in [2.45, 2.75) is 46.5 Å². The zero-order valence-corrected chi connectivity index (χ0v) is 15.3. The second-order valence-corrected chi connectivity index (χ2v) is 8.28. The van der Waals surface area contributed by atoms with E-state index >= 15 is 0 Å². The first-order valence-electron chi connectivity index (χ1n) is 8.81. The maximum absolute atomic E-state index is 12.7. The minimum absolute atomic E-state index is 0.0426. The van der Waals surface area contributed by atoms with Gasteiger partial charge in [-0.15, -0.1) is 6.58 Å². The third-order valence-electron chi connectivity index (χ3n) is 7.33. The van der Waals surface area contributed by atoms with E-state index in [1.54, 1.807) is 0 Å². The van der Waals surface area contributed by atoms with Crippen molar-refractivity contribution in [3.05, 3.63) is 36.5 Å². The Labute approximate surface area is 144 Å². The van der Waals surface area contributed by atoms with Gasteiger partial charge in [0.25, 0.3) is 0 Å². The van der Waals surface area contributed by atoms with Crippen LogP contribution in [-0.4, -0.2) is 18.9 Å². The van der Waals surface area contributed by atoms with Gasteiger partial charge < -0.3 is 4.74 Å². The molecule has 0 bridgehead atoms. The van der Waals surface area contributed by atoms with E-state index in [9.17, 15) is 9.59 Å². The fourth-order valence-electron chi connectivity index (χ4n) is 6.02. The molecule has 0 unspecified atom stereocenters. The fourth-order valence-corrected chi connectivity index (χ4v) is 6.02. The third-order valence-corrected chi connectivity index (χ3v) is 7.33. The first kappa shape index (κ1) is 17.2. The van der Waals surface area contributed by atoms with Crippen LogP contribution in [0.4, 0.5) is 0 Å². The van der Waals surface area contributed by atoms with Crippen molar-refractivity contribution in [2.75, 3.05) is 7.11 Å². The van der Waals surface area contributed by atoms with Crippen LogP contribution in [0.2, 0.25) is 0 Å². The molecule has 0 aromatic rings. The van der Waals surface area contributed by atoms with E-state index in [1.165, 1.54) is 12.7 Å². The molecule has 3 aliphatic carbocycles. The van der Waals surface area contributed by atoms with Gasteiger partial charge in [0.2, 0.25) is 0 Å². The summed E-state index contributed by atoms with van der Waals surface area (Å²) >= 11 is 0. The van der Waals surface area contributed by atoms with Crippen LogP contribution < -0.4 is 0 Å². The Bertz CT molecular complexity index is 673. The number of ketones is 1. The Balaban J connectivity index is 2.04. The van der Waals surface area contributed by atoms with Gasteiger partial charge >= 0.3 is 5.97 Å². The lowest BCUT2D eigenvalue weighted by Gasteiger charge is -2.49. The van der Waals surface area contributed by atoms with Crippen molar-refractivity contribution in [2.24, 2.45) is 28.1 Å². The summed E-state index contributed by atoms with van der Waals surface area (Å²) < 4.78 is 4.85. The van der Waals surface area contributed by atoms with Gasteiger partial charge in [-0.25, -0.2) is 0 Å². The summed E-state index contributed by atoms with van der Waals surface area (Å²) in [5.74, 6) is 0.375. The molecule has 130 valence electrons. The molecule has 0 amide bonds. The summed E-state index contributed by atoms with van der Waals surface area (Å²) in [6.07, 6.45) is 6.93. The summed E-state index contributed by atoms with van der Waals surface area (Å²) in [6.45, 7) is 14.6. The van der Waals surface area contributed by atoms with Crippen LogP contribution in [0.25, 0.3) is 0 Å². The topological polar surface area (TPSA) is 43.4 Å². The lowest BCUT2D eigenvalue weighted by molar-refractivity contribution is -0.141. The van der Waals surface area contributed by atoms with Gasteiger partial charge in [0.1, 0.15) is 0 Å². The maximum atomic E-state index is 12.7. The van der Waals surface area contributed by atoms with Crippen LogP contribution in [0, 0.1) is 28.1 Å². The molecule has 0 heterocycles. The monoisotopic (exact) mass is 328 g/mol. The fraction of sp³-hybridized carbons (Fsp3) is 0.619.